The molecule has 1 aromatic carbocycles. The molecule has 0 aromatic heterocycles. The second-order valence-corrected chi connectivity index (χ2v) is 5.88. The highest BCUT2D eigenvalue weighted by Gasteiger charge is 2.34. The quantitative estimate of drug-likeness (QED) is 0.910. The summed E-state index contributed by atoms with van der Waals surface area (Å²) in [4.78, 5) is 0. The molecule has 3 atom stereocenters. The Morgan fingerprint density at radius 2 is 2.22 bits per heavy atom. The summed E-state index contributed by atoms with van der Waals surface area (Å²) in [6, 6.07) is 6.57. The molecule has 0 bridgehead atoms. The normalized spacial score (nSPS) is 30.9. The van der Waals surface area contributed by atoms with E-state index in [9.17, 15) is 0 Å². The van der Waals surface area contributed by atoms with Gasteiger partial charge in [0, 0.05) is 29.1 Å². The van der Waals surface area contributed by atoms with Gasteiger partial charge >= 0.3 is 0 Å². The minimum absolute atomic E-state index is 0.179. The summed E-state index contributed by atoms with van der Waals surface area (Å²) in [5.74, 6) is 0.990. The van der Waals surface area contributed by atoms with Gasteiger partial charge in [-0.3, -0.25) is 0 Å². The van der Waals surface area contributed by atoms with Crippen LogP contribution in [0.2, 0.25) is 0 Å². The van der Waals surface area contributed by atoms with E-state index in [-0.39, 0.29) is 12.2 Å². The van der Waals surface area contributed by atoms with Gasteiger partial charge in [-0.15, -0.1) is 0 Å². The molecule has 3 unspecified atom stereocenters. The second-order valence-electron chi connectivity index (χ2n) is 4.97. The van der Waals surface area contributed by atoms with Crippen LogP contribution in [0.25, 0.3) is 0 Å². The Bertz CT molecular complexity index is 432. The van der Waals surface area contributed by atoms with E-state index in [1.165, 1.54) is 5.56 Å². The molecule has 98 valence electrons. The van der Waals surface area contributed by atoms with Gasteiger partial charge in [-0.1, -0.05) is 15.9 Å². The molecule has 0 radical (unpaired) electrons. The number of hydrogen-bond donors (Lipinski definition) is 1. The van der Waals surface area contributed by atoms with Crippen LogP contribution in [-0.4, -0.2) is 25.9 Å². The van der Waals surface area contributed by atoms with Gasteiger partial charge in [0.15, 0.2) is 0 Å². The highest BCUT2D eigenvalue weighted by atomic mass is 79.9. The summed E-state index contributed by atoms with van der Waals surface area (Å²) in [6.07, 6.45) is 3.69. The lowest BCUT2D eigenvalue weighted by atomic mass is 9.93. The van der Waals surface area contributed by atoms with Crippen LogP contribution in [-0.2, 0) is 4.74 Å². The van der Waals surface area contributed by atoms with E-state index in [2.05, 4.69) is 27.3 Å². The summed E-state index contributed by atoms with van der Waals surface area (Å²) >= 11 is 3.52. The van der Waals surface area contributed by atoms with E-state index >= 15 is 0 Å². The predicted molar refractivity (Wildman–Crippen MR) is 73.9 cm³/mol. The molecule has 18 heavy (non-hydrogen) atoms. The molecule has 4 heteroatoms. The first-order chi connectivity index (χ1) is 8.78. The van der Waals surface area contributed by atoms with Gasteiger partial charge in [0.2, 0.25) is 0 Å². The Balaban J connectivity index is 1.86. The number of fused-ring (bicyclic) bond motifs is 1. The molecule has 2 aliphatic rings. The maximum atomic E-state index is 6.12. The third-order valence-corrected chi connectivity index (χ3v) is 4.31. The zero-order valence-corrected chi connectivity index (χ0v) is 12.1. The average molecular weight is 312 g/mol. The Kier molecular flexibility index (Phi) is 3.59. The third kappa shape index (κ3) is 2.29. The van der Waals surface area contributed by atoms with E-state index in [1.807, 2.05) is 19.2 Å². The fourth-order valence-electron chi connectivity index (χ4n) is 2.87. The summed E-state index contributed by atoms with van der Waals surface area (Å²) in [5.41, 5.74) is 1.24. The van der Waals surface area contributed by atoms with Crippen molar-refractivity contribution in [2.75, 3.05) is 13.7 Å². The predicted octanol–water partition coefficient (Wildman–Crippen LogP) is 3.04. The molecule has 1 fully saturated rings. The van der Waals surface area contributed by atoms with Crippen LogP contribution in [0.1, 0.15) is 30.9 Å². The third-order valence-electron chi connectivity index (χ3n) is 3.82. The van der Waals surface area contributed by atoms with E-state index in [0.717, 1.165) is 36.1 Å². The monoisotopic (exact) mass is 311 g/mol. The van der Waals surface area contributed by atoms with E-state index in [0.29, 0.717) is 6.04 Å². The van der Waals surface area contributed by atoms with E-state index < -0.39 is 0 Å². The molecular weight excluding hydrogens is 294 g/mol. The zero-order chi connectivity index (χ0) is 12.5. The van der Waals surface area contributed by atoms with Crippen molar-refractivity contribution in [1.29, 1.82) is 0 Å². The van der Waals surface area contributed by atoms with Crippen molar-refractivity contribution in [2.45, 2.75) is 37.5 Å². The van der Waals surface area contributed by atoms with Gasteiger partial charge in [0.1, 0.15) is 11.9 Å². The fraction of sp³-hybridized carbons (Fsp3) is 0.571. The molecular formula is C14H18BrNO2. The molecule has 0 amide bonds. The van der Waals surface area contributed by atoms with Crippen LogP contribution in [0.15, 0.2) is 22.7 Å². The Labute approximate surface area is 116 Å². The first-order valence-corrected chi connectivity index (χ1v) is 7.32. The van der Waals surface area contributed by atoms with Gasteiger partial charge in [-0.05, 0) is 38.1 Å². The first-order valence-electron chi connectivity index (χ1n) is 6.53. The maximum absolute atomic E-state index is 6.12. The van der Waals surface area contributed by atoms with Crippen molar-refractivity contribution in [3.05, 3.63) is 28.2 Å². The minimum atomic E-state index is 0.179. The molecule has 0 saturated carbocycles. The highest BCUT2D eigenvalue weighted by Crippen LogP contribution is 2.38. The van der Waals surface area contributed by atoms with Gasteiger partial charge in [0.25, 0.3) is 0 Å². The van der Waals surface area contributed by atoms with Crippen LogP contribution < -0.4 is 10.1 Å². The van der Waals surface area contributed by atoms with Gasteiger partial charge < -0.3 is 14.8 Å². The molecule has 2 heterocycles. The molecule has 0 spiro atoms. The van der Waals surface area contributed by atoms with Crippen LogP contribution in [0.4, 0.5) is 0 Å². The standard InChI is InChI=1S/C14H18BrNO2/c1-16-11-8-14(13-3-2-6-17-13)18-12-5-4-9(15)7-10(11)12/h4-5,7,11,13-14,16H,2-3,6,8H2,1H3. The lowest BCUT2D eigenvalue weighted by molar-refractivity contribution is -0.00398. The largest absolute Gasteiger partial charge is 0.487 e. The van der Waals surface area contributed by atoms with E-state index in [1.54, 1.807) is 0 Å². The van der Waals surface area contributed by atoms with Crippen molar-refractivity contribution in [3.63, 3.8) is 0 Å². The van der Waals surface area contributed by atoms with Crippen LogP contribution >= 0.6 is 15.9 Å². The SMILES string of the molecule is CNC1CC(C2CCCO2)Oc2ccc(Br)cc21. The molecule has 0 aliphatic carbocycles. The number of hydrogen-bond acceptors (Lipinski definition) is 3. The second kappa shape index (κ2) is 5.19. The molecule has 3 rings (SSSR count). The van der Waals surface area contributed by atoms with Crippen LogP contribution in [0.5, 0.6) is 5.75 Å². The Morgan fingerprint density at radius 1 is 1.33 bits per heavy atom. The molecule has 1 aromatic rings. The summed E-state index contributed by atoms with van der Waals surface area (Å²) < 4.78 is 13.0. The Morgan fingerprint density at radius 3 is 2.94 bits per heavy atom. The summed E-state index contributed by atoms with van der Waals surface area (Å²) in [7, 11) is 2.01. The summed E-state index contributed by atoms with van der Waals surface area (Å²) in [6.45, 7) is 0.877. The lowest BCUT2D eigenvalue weighted by Crippen LogP contribution is -2.39. The maximum Gasteiger partial charge on any atom is 0.127 e. The Hall–Kier alpha value is -0.580. The smallest absolute Gasteiger partial charge is 0.127 e. The number of rotatable bonds is 2. The van der Waals surface area contributed by atoms with Gasteiger partial charge in [-0.2, -0.15) is 0 Å². The summed E-state index contributed by atoms with van der Waals surface area (Å²) in [5, 5.41) is 3.38. The molecule has 3 nitrogen and oxygen atoms in total. The highest BCUT2D eigenvalue weighted by molar-refractivity contribution is 9.10. The van der Waals surface area contributed by atoms with E-state index in [4.69, 9.17) is 9.47 Å². The molecule has 1 N–H and O–H groups in total. The number of benzene rings is 1. The van der Waals surface area contributed by atoms with Crippen molar-refractivity contribution in [3.8, 4) is 5.75 Å². The molecule has 1 saturated heterocycles. The van der Waals surface area contributed by atoms with Crippen molar-refractivity contribution in [1.82, 2.24) is 5.32 Å². The fourth-order valence-corrected chi connectivity index (χ4v) is 3.25. The van der Waals surface area contributed by atoms with Gasteiger partial charge in [0.05, 0.1) is 6.10 Å². The zero-order valence-electron chi connectivity index (χ0n) is 10.5. The van der Waals surface area contributed by atoms with Crippen molar-refractivity contribution < 1.29 is 9.47 Å². The number of nitrogens with one attached hydrogen (secondary N) is 1. The number of halogens is 1. The molecule has 2 aliphatic heterocycles. The minimum Gasteiger partial charge on any atom is -0.487 e. The lowest BCUT2D eigenvalue weighted by Gasteiger charge is -2.34. The topological polar surface area (TPSA) is 30.5 Å². The van der Waals surface area contributed by atoms with Crippen molar-refractivity contribution >= 4 is 15.9 Å². The van der Waals surface area contributed by atoms with Crippen LogP contribution in [0.3, 0.4) is 0 Å². The van der Waals surface area contributed by atoms with Gasteiger partial charge in [-0.25, -0.2) is 0 Å². The first kappa shape index (κ1) is 12.5. The van der Waals surface area contributed by atoms with Crippen molar-refractivity contribution in [2.24, 2.45) is 0 Å². The number of ether oxygens (including phenoxy) is 2. The van der Waals surface area contributed by atoms with Crippen LogP contribution in [0, 0.1) is 0 Å². The average Bonchev–Trinajstić information content (AvgIpc) is 2.91.